The normalized spacial score (nSPS) is 10.9. The quantitative estimate of drug-likeness (QED) is 0.897. The highest BCUT2D eigenvalue weighted by molar-refractivity contribution is 5.36. The number of hydrogen-bond donors (Lipinski definition) is 1. The average Bonchev–Trinajstić information content (AvgIpc) is 2.71. The monoisotopic (exact) mass is 244 g/mol. The summed E-state index contributed by atoms with van der Waals surface area (Å²) in [5.74, 6) is 0.883. The van der Waals surface area contributed by atoms with Gasteiger partial charge in [-0.25, -0.2) is 0 Å². The van der Waals surface area contributed by atoms with Crippen molar-refractivity contribution in [1.82, 2.24) is 10.5 Å². The van der Waals surface area contributed by atoms with Gasteiger partial charge in [0.1, 0.15) is 0 Å². The summed E-state index contributed by atoms with van der Waals surface area (Å²) in [6, 6.07) is 6.45. The molecule has 96 valence electrons. The Morgan fingerprint density at radius 1 is 0.944 bits per heavy atom. The fraction of sp³-hybridized carbons (Fsp3) is 0.400. The van der Waals surface area contributed by atoms with Crippen LogP contribution in [0.4, 0.5) is 0 Å². The number of benzene rings is 1. The van der Waals surface area contributed by atoms with Gasteiger partial charge in [0, 0.05) is 12.6 Å². The van der Waals surface area contributed by atoms with E-state index in [1.54, 1.807) is 0 Å². The summed E-state index contributed by atoms with van der Waals surface area (Å²) in [6.45, 7) is 9.96. The molecule has 0 amide bonds. The van der Waals surface area contributed by atoms with Crippen LogP contribution < -0.4 is 5.32 Å². The van der Waals surface area contributed by atoms with Gasteiger partial charge in [0.2, 0.25) is 0 Å². The summed E-state index contributed by atoms with van der Waals surface area (Å²) in [5, 5.41) is 7.26. The van der Waals surface area contributed by atoms with Crippen LogP contribution in [0.1, 0.15) is 33.7 Å². The molecule has 0 fully saturated rings. The Bertz CT molecular complexity index is 543. The molecule has 1 aromatic heterocycles. The third-order valence-corrected chi connectivity index (χ3v) is 3.24. The standard InChI is InChI=1S/C15H20N2O/c1-10-5-12(3)14(6-11(10)2)8-16-9-15-7-13(4)17-18-15/h5-7,16H,8-9H2,1-4H3. The topological polar surface area (TPSA) is 38.1 Å². The van der Waals surface area contributed by atoms with Crippen LogP contribution in [-0.4, -0.2) is 5.16 Å². The molecular formula is C15H20N2O. The molecule has 0 saturated heterocycles. The molecule has 0 bridgehead atoms. The van der Waals surface area contributed by atoms with E-state index in [2.05, 4.69) is 43.4 Å². The molecule has 0 aliphatic heterocycles. The van der Waals surface area contributed by atoms with E-state index in [0.29, 0.717) is 6.54 Å². The summed E-state index contributed by atoms with van der Waals surface area (Å²) < 4.78 is 5.16. The lowest BCUT2D eigenvalue weighted by Crippen LogP contribution is -2.13. The minimum atomic E-state index is 0.715. The van der Waals surface area contributed by atoms with Crippen LogP contribution in [0, 0.1) is 27.7 Å². The van der Waals surface area contributed by atoms with E-state index < -0.39 is 0 Å². The van der Waals surface area contributed by atoms with Crippen molar-refractivity contribution in [2.45, 2.75) is 40.8 Å². The molecule has 3 heteroatoms. The van der Waals surface area contributed by atoms with Gasteiger partial charge in [0.05, 0.1) is 12.2 Å². The molecule has 18 heavy (non-hydrogen) atoms. The minimum absolute atomic E-state index is 0.715. The molecule has 2 aromatic rings. The Morgan fingerprint density at radius 3 is 2.33 bits per heavy atom. The van der Waals surface area contributed by atoms with Gasteiger partial charge in [-0.1, -0.05) is 17.3 Å². The van der Waals surface area contributed by atoms with Crippen molar-refractivity contribution in [3.8, 4) is 0 Å². The summed E-state index contributed by atoms with van der Waals surface area (Å²) in [7, 11) is 0. The maximum absolute atomic E-state index is 5.16. The van der Waals surface area contributed by atoms with Crippen LogP contribution in [0.15, 0.2) is 22.7 Å². The molecule has 0 aliphatic rings. The highest BCUT2D eigenvalue weighted by Crippen LogP contribution is 2.15. The van der Waals surface area contributed by atoms with Crippen LogP contribution in [0.25, 0.3) is 0 Å². The van der Waals surface area contributed by atoms with E-state index in [1.165, 1.54) is 22.3 Å². The Morgan fingerprint density at radius 2 is 1.67 bits per heavy atom. The van der Waals surface area contributed by atoms with Crippen LogP contribution in [0.2, 0.25) is 0 Å². The first kappa shape index (κ1) is 12.8. The second-order valence-electron chi connectivity index (χ2n) is 4.90. The summed E-state index contributed by atoms with van der Waals surface area (Å²) in [4.78, 5) is 0. The fourth-order valence-electron chi connectivity index (χ4n) is 2.03. The number of nitrogens with zero attached hydrogens (tertiary/aromatic N) is 1. The molecule has 3 nitrogen and oxygen atoms in total. The average molecular weight is 244 g/mol. The van der Waals surface area contributed by atoms with E-state index >= 15 is 0 Å². The third-order valence-electron chi connectivity index (χ3n) is 3.24. The lowest BCUT2D eigenvalue weighted by molar-refractivity contribution is 0.369. The number of rotatable bonds is 4. The minimum Gasteiger partial charge on any atom is -0.360 e. The maximum atomic E-state index is 5.16. The molecule has 2 rings (SSSR count). The first-order chi connectivity index (χ1) is 8.56. The third kappa shape index (κ3) is 2.99. The molecule has 0 spiro atoms. The maximum Gasteiger partial charge on any atom is 0.150 e. The zero-order valence-electron chi connectivity index (χ0n) is 11.5. The number of aromatic nitrogens is 1. The first-order valence-corrected chi connectivity index (χ1v) is 6.26. The van der Waals surface area contributed by atoms with Gasteiger partial charge in [0.15, 0.2) is 5.76 Å². The summed E-state index contributed by atoms with van der Waals surface area (Å²) in [5.41, 5.74) is 6.29. The molecule has 0 atom stereocenters. The van der Waals surface area contributed by atoms with Gasteiger partial charge < -0.3 is 9.84 Å². The summed E-state index contributed by atoms with van der Waals surface area (Å²) >= 11 is 0. The van der Waals surface area contributed by atoms with E-state index in [0.717, 1.165) is 18.0 Å². The molecule has 0 saturated carbocycles. The molecular weight excluding hydrogens is 224 g/mol. The van der Waals surface area contributed by atoms with Crippen molar-refractivity contribution in [2.75, 3.05) is 0 Å². The molecule has 1 N–H and O–H groups in total. The number of hydrogen-bond acceptors (Lipinski definition) is 3. The van der Waals surface area contributed by atoms with E-state index in [1.807, 2.05) is 13.0 Å². The van der Waals surface area contributed by atoms with E-state index in [-0.39, 0.29) is 0 Å². The second-order valence-corrected chi connectivity index (χ2v) is 4.90. The Kier molecular flexibility index (Phi) is 3.82. The Labute approximate surface area is 108 Å². The van der Waals surface area contributed by atoms with Gasteiger partial charge in [-0.05, 0) is 49.9 Å². The second kappa shape index (κ2) is 5.36. The van der Waals surface area contributed by atoms with Gasteiger partial charge in [-0.3, -0.25) is 0 Å². The summed E-state index contributed by atoms with van der Waals surface area (Å²) in [6.07, 6.45) is 0. The Balaban J connectivity index is 1.96. The molecule has 0 aliphatic carbocycles. The fourth-order valence-corrected chi connectivity index (χ4v) is 2.03. The van der Waals surface area contributed by atoms with Crippen LogP contribution in [0.3, 0.4) is 0 Å². The molecule has 1 aromatic carbocycles. The van der Waals surface area contributed by atoms with Crippen molar-refractivity contribution < 1.29 is 4.52 Å². The first-order valence-electron chi connectivity index (χ1n) is 6.26. The predicted molar refractivity (Wildman–Crippen MR) is 72.4 cm³/mol. The van der Waals surface area contributed by atoms with Gasteiger partial charge in [0.25, 0.3) is 0 Å². The predicted octanol–water partition coefficient (Wildman–Crippen LogP) is 3.20. The van der Waals surface area contributed by atoms with E-state index in [4.69, 9.17) is 4.52 Å². The zero-order chi connectivity index (χ0) is 13.1. The largest absolute Gasteiger partial charge is 0.360 e. The van der Waals surface area contributed by atoms with Crippen molar-refractivity contribution >= 4 is 0 Å². The van der Waals surface area contributed by atoms with Crippen molar-refractivity contribution in [1.29, 1.82) is 0 Å². The lowest BCUT2D eigenvalue weighted by atomic mass is 10.0. The molecule has 0 radical (unpaired) electrons. The van der Waals surface area contributed by atoms with Gasteiger partial charge >= 0.3 is 0 Å². The zero-order valence-corrected chi connectivity index (χ0v) is 11.5. The smallest absolute Gasteiger partial charge is 0.150 e. The highest BCUT2D eigenvalue weighted by atomic mass is 16.5. The van der Waals surface area contributed by atoms with Crippen LogP contribution >= 0.6 is 0 Å². The lowest BCUT2D eigenvalue weighted by Gasteiger charge is -2.10. The van der Waals surface area contributed by atoms with Crippen LogP contribution in [-0.2, 0) is 13.1 Å². The SMILES string of the molecule is Cc1cc(CNCc2cc(C)c(C)cc2C)on1. The van der Waals surface area contributed by atoms with Crippen molar-refractivity contribution in [3.05, 3.63) is 51.9 Å². The van der Waals surface area contributed by atoms with Gasteiger partial charge in [-0.15, -0.1) is 0 Å². The van der Waals surface area contributed by atoms with Crippen LogP contribution in [0.5, 0.6) is 0 Å². The molecule has 1 heterocycles. The molecule has 0 unspecified atom stereocenters. The van der Waals surface area contributed by atoms with E-state index in [9.17, 15) is 0 Å². The van der Waals surface area contributed by atoms with Crippen molar-refractivity contribution in [3.63, 3.8) is 0 Å². The number of aryl methyl sites for hydroxylation is 4. The highest BCUT2D eigenvalue weighted by Gasteiger charge is 2.03. The van der Waals surface area contributed by atoms with Crippen molar-refractivity contribution in [2.24, 2.45) is 0 Å². The Hall–Kier alpha value is -1.61. The number of nitrogens with one attached hydrogen (secondary N) is 1. The van der Waals surface area contributed by atoms with Gasteiger partial charge in [-0.2, -0.15) is 0 Å².